The average molecular weight is 349 g/mol. The molecular formula is C17H21ClN4O2. The molecule has 1 aromatic carbocycles. The van der Waals surface area contributed by atoms with E-state index in [2.05, 4.69) is 15.7 Å². The van der Waals surface area contributed by atoms with Crippen LogP contribution in [-0.2, 0) is 9.59 Å². The molecular weight excluding hydrogens is 328 g/mol. The van der Waals surface area contributed by atoms with E-state index >= 15 is 0 Å². The highest BCUT2D eigenvalue weighted by atomic mass is 35.5. The molecule has 0 fully saturated rings. The summed E-state index contributed by atoms with van der Waals surface area (Å²) in [4.78, 5) is 23.7. The van der Waals surface area contributed by atoms with E-state index in [1.54, 1.807) is 41.3 Å². The first-order valence-electron chi connectivity index (χ1n) is 7.65. The smallest absolute Gasteiger partial charge is 0.226 e. The summed E-state index contributed by atoms with van der Waals surface area (Å²) in [5.74, 6) is -0.269. The highest BCUT2D eigenvalue weighted by Crippen LogP contribution is 2.23. The summed E-state index contributed by atoms with van der Waals surface area (Å²) in [7, 11) is 0. The van der Waals surface area contributed by atoms with Crippen molar-refractivity contribution in [2.75, 3.05) is 11.9 Å². The molecule has 2 aromatic rings. The van der Waals surface area contributed by atoms with Crippen LogP contribution in [-0.4, -0.2) is 28.1 Å². The molecule has 2 N–H and O–H groups in total. The van der Waals surface area contributed by atoms with Crippen LogP contribution >= 0.6 is 11.6 Å². The standard InChI is InChI=1S/C17H21ClN4O2/c1-17(2,3)16(24)19-9-7-15(23)21-12-5-6-14(13(18)11-12)22-10-4-8-20-22/h4-6,8,10-11H,7,9H2,1-3H3,(H,19,24)(H,21,23). The van der Waals surface area contributed by atoms with Crippen molar-refractivity contribution in [1.29, 1.82) is 0 Å². The van der Waals surface area contributed by atoms with Crippen molar-refractivity contribution in [3.05, 3.63) is 41.7 Å². The van der Waals surface area contributed by atoms with Crippen LogP contribution in [0.4, 0.5) is 5.69 Å². The third-order valence-corrected chi connectivity index (χ3v) is 3.60. The van der Waals surface area contributed by atoms with Gasteiger partial charge in [0.2, 0.25) is 11.8 Å². The van der Waals surface area contributed by atoms with Gasteiger partial charge in [0.1, 0.15) is 0 Å². The van der Waals surface area contributed by atoms with Crippen LogP contribution in [0.5, 0.6) is 0 Å². The van der Waals surface area contributed by atoms with Gasteiger partial charge in [-0.1, -0.05) is 32.4 Å². The van der Waals surface area contributed by atoms with Gasteiger partial charge < -0.3 is 10.6 Å². The fourth-order valence-electron chi connectivity index (χ4n) is 1.96. The fraction of sp³-hybridized carbons (Fsp3) is 0.353. The second kappa shape index (κ2) is 7.49. The summed E-state index contributed by atoms with van der Waals surface area (Å²) in [5.41, 5.74) is 0.868. The lowest BCUT2D eigenvalue weighted by atomic mass is 9.96. The number of nitrogens with zero attached hydrogens (tertiary/aromatic N) is 2. The molecule has 24 heavy (non-hydrogen) atoms. The summed E-state index contributed by atoms with van der Waals surface area (Å²) < 4.78 is 1.65. The second-order valence-electron chi connectivity index (χ2n) is 6.42. The maximum atomic E-state index is 11.9. The Morgan fingerprint density at radius 3 is 2.62 bits per heavy atom. The monoisotopic (exact) mass is 348 g/mol. The molecule has 0 saturated carbocycles. The topological polar surface area (TPSA) is 76.0 Å². The van der Waals surface area contributed by atoms with Crippen LogP contribution in [0.15, 0.2) is 36.7 Å². The number of anilines is 1. The first kappa shape index (κ1) is 18.0. The number of amides is 2. The van der Waals surface area contributed by atoms with Crippen molar-refractivity contribution in [2.45, 2.75) is 27.2 Å². The molecule has 0 aliphatic rings. The van der Waals surface area contributed by atoms with Crippen molar-refractivity contribution in [1.82, 2.24) is 15.1 Å². The van der Waals surface area contributed by atoms with Crippen molar-refractivity contribution in [3.8, 4) is 5.69 Å². The first-order chi connectivity index (χ1) is 11.3. The molecule has 0 spiro atoms. The largest absolute Gasteiger partial charge is 0.355 e. The van der Waals surface area contributed by atoms with Crippen molar-refractivity contribution < 1.29 is 9.59 Å². The van der Waals surface area contributed by atoms with Gasteiger partial charge >= 0.3 is 0 Å². The van der Waals surface area contributed by atoms with Gasteiger partial charge in [-0.3, -0.25) is 9.59 Å². The lowest BCUT2D eigenvalue weighted by Gasteiger charge is -2.17. The van der Waals surface area contributed by atoms with Crippen molar-refractivity contribution in [2.24, 2.45) is 5.41 Å². The van der Waals surface area contributed by atoms with Gasteiger partial charge in [0, 0.05) is 36.5 Å². The van der Waals surface area contributed by atoms with E-state index in [0.29, 0.717) is 17.3 Å². The average Bonchev–Trinajstić information content (AvgIpc) is 3.00. The lowest BCUT2D eigenvalue weighted by molar-refractivity contribution is -0.128. The number of carbonyl (C=O) groups excluding carboxylic acids is 2. The minimum Gasteiger partial charge on any atom is -0.355 e. The lowest BCUT2D eigenvalue weighted by Crippen LogP contribution is -2.36. The fourth-order valence-corrected chi connectivity index (χ4v) is 2.23. The Morgan fingerprint density at radius 1 is 1.29 bits per heavy atom. The van der Waals surface area contributed by atoms with E-state index in [4.69, 9.17) is 11.6 Å². The summed E-state index contributed by atoms with van der Waals surface area (Å²) >= 11 is 6.23. The number of carbonyl (C=O) groups is 2. The van der Waals surface area contributed by atoms with Gasteiger partial charge in [0.05, 0.1) is 10.7 Å². The summed E-state index contributed by atoms with van der Waals surface area (Å²) in [6.07, 6.45) is 3.65. The molecule has 0 saturated heterocycles. The molecule has 0 aliphatic carbocycles. The maximum Gasteiger partial charge on any atom is 0.226 e. The molecule has 0 aliphatic heterocycles. The normalized spacial score (nSPS) is 11.2. The van der Waals surface area contributed by atoms with Gasteiger partial charge in [-0.05, 0) is 24.3 Å². The number of halogens is 1. The molecule has 0 unspecified atom stereocenters. The van der Waals surface area contributed by atoms with Gasteiger partial charge in [-0.25, -0.2) is 4.68 Å². The number of rotatable bonds is 5. The van der Waals surface area contributed by atoms with E-state index in [-0.39, 0.29) is 18.2 Å². The van der Waals surface area contributed by atoms with Gasteiger partial charge in [0.15, 0.2) is 0 Å². The van der Waals surface area contributed by atoms with E-state index in [0.717, 1.165) is 5.69 Å². The first-order valence-corrected chi connectivity index (χ1v) is 8.03. The number of hydrogen-bond acceptors (Lipinski definition) is 3. The molecule has 128 valence electrons. The number of nitrogens with one attached hydrogen (secondary N) is 2. The molecule has 7 heteroatoms. The summed E-state index contributed by atoms with van der Waals surface area (Å²) in [6, 6.07) is 7.02. The Bertz CT molecular complexity index is 721. The summed E-state index contributed by atoms with van der Waals surface area (Å²) in [6.45, 7) is 5.77. The van der Waals surface area contributed by atoms with Crippen molar-refractivity contribution in [3.63, 3.8) is 0 Å². The van der Waals surface area contributed by atoms with E-state index in [9.17, 15) is 9.59 Å². The van der Waals surface area contributed by atoms with Crippen LogP contribution in [0.1, 0.15) is 27.2 Å². The predicted molar refractivity (Wildman–Crippen MR) is 94.3 cm³/mol. The molecule has 0 bridgehead atoms. The van der Waals surface area contributed by atoms with E-state index in [1.807, 2.05) is 20.8 Å². The predicted octanol–water partition coefficient (Wildman–Crippen LogP) is 3.02. The molecule has 1 heterocycles. The Morgan fingerprint density at radius 2 is 2.04 bits per heavy atom. The van der Waals surface area contributed by atoms with E-state index < -0.39 is 5.41 Å². The molecule has 0 atom stereocenters. The second-order valence-corrected chi connectivity index (χ2v) is 6.83. The third kappa shape index (κ3) is 4.83. The zero-order valence-corrected chi connectivity index (χ0v) is 14.7. The molecule has 0 radical (unpaired) electrons. The zero-order chi connectivity index (χ0) is 17.7. The minimum absolute atomic E-state index is 0.0816. The molecule has 2 rings (SSSR count). The summed E-state index contributed by atoms with van der Waals surface area (Å²) in [5, 5.41) is 10.1. The Hall–Kier alpha value is -2.34. The van der Waals surface area contributed by atoms with Crippen LogP contribution < -0.4 is 10.6 Å². The quantitative estimate of drug-likeness (QED) is 0.872. The third-order valence-electron chi connectivity index (χ3n) is 3.30. The Labute approximate surface area is 146 Å². The number of hydrogen-bond donors (Lipinski definition) is 2. The molecule has 1 aromatic heterocycles. The van der Waals surface area contributed by atoms with Gasteiger partial charge in [-0.2, -0.15) is 5.10 Å². The minimum atomic E-state index is -0.466. The highest BCUT2D eigenvalue weighted by molar-refractivity contribution is 6.32. The molecule has 2 amide bonds. The SMILES string of the molecule is CC(C)(C)C(=O)NCCC(=O)Nc1ccc(-n2cccn2)c(Cl)c1. The number of benzene rings is 1. The van der Waals surface area contributed by atoms with Gasteiger partial charge in [0.25, 0.3) is 0 Å². The number of aromatic nitrogens is 2. The van der Waals surface area contributed by atoms with Crippen LogP contribution in [0, 0.1) is 5.41 Å². The zero-order valence-electron chi connectivity index (χ0n) is 14.0. The van der Waals surface area contributed by atoms with Crippen LogP contribution in [0.3, 0.4) is 0 Å². The van der Waals surface area contributed by atoms with E-state index in [1.165, 1.54) is 0 Å². The Balaban J connectivity index is 1.88. The highest BCUT2D eigenvalue weighted by Gasteiger charge is 2.20. The Kier molecular flexibility index (Phi) is 5.62. The van der Waals surface area contributed by atoms with Crippen LogP contribution in [0.2, 0.25) is 5.02 Å². The molecule has 6 nitrogen and oxygen atoms in total. The van der Waals surface area contributed by atoms with Crippen molar-refractivity contribution >= 4 is 29.1 Å². The van der Waals surface area contributed by atoms with Crippen LogP contribution in [0.25, 0.3) is 5.69 Å². The maximum absolute atomic E-state index is 11.9. The van der Waals surface area contributed by atoms with Gasteiger partial charge in [-0.15, -0.1) is 0 Å².